The van der Waals surface area contributed by atoms with Gasteiger partial charge in [-0.3, -0.25) is 0 Å². The van der Waals surface area contributed by atoms with Crippen LogP contribution in [0, 0.1) is 0 Å². The first-order valence-electron chi connectivity index (χ1n) is 2.64. The predicted octanol–water partition coefficient (Wildman–Crippen LogP) is 0.271. The van der Waals surface area contributed by atoms with Crippen LogP contribution in [-0.2, 0) is 0 Å². The van der Waals surface area contributed by atoms with Crippen LogP contribution in [0.4, 0.5) is 0 Å². The highest BCUT2D eigenvalue weighted by Gasteiger charge is 2.07. The summed E-state index contributed by atoms with van der Waals surface area (Å²) in [6.07, 6.45) is -0.546. The van der Waals surface area contributed by atoms with Crippen LogP contribution in [0.25, 0.3) is 0 Å². The molecule has 0 unspecified atom stereocenters. The van der Waals surface area contributed by atoms with Gasteiger partial charge in [-0.05, 0) is 13.8 Å². The van der Waals surface area contributed by atoms with Gasteiger partial charge < -0.3 is 10.8 Å². The summed E-state index contributed by atoms with van der Waals surface area (Å²) in [6, 6.07) is -0.201. The van der Waals surface area contributed by atoms with Gasteiger partial charge in [-0.1, -0.05) is 12.2 Å². The molecule has 0 saturated heterocycles. The van der Waals surface area contributed by atoms with Crippen molar-refractivity contribution in [3.05, 3.63) is 12.2 Å². The maximum absolute atomic E-state index is 8.98. The molecule has 0 aliphatic heterocycles. The zero-order valence-electron chi connectivity index (χ0n) is 5.39. The van der Waals surface area contributed by atoms with Crippen molar-refractivity contribution in [1.82, 2.24) is 0 Å². The average molecular weight is 115 g/mol. The van der Waals surface area contributed by atoms with E-state index >= 15 is 0 Å². The summed E-state index contributed by atoms with van der Waals surface area (Å²) in [4.78, 5) is 0. The monoisotopic (exact) mass is 115 g/mol. The number of hydrogen-bond donors (Lipinski definition) is 2. The SMILES string of the molecule is C=C(C)[C@H](O)[C@H](C)N. The second-order valence-electron chi connectivity index (χ2n) is 2.15. The summed E-state index contributed by atoms with van der Waals surface area (Å²) in [7, 11) is 0. The lowest BCUT2D eigenvalue weighted by Crippen LogP contribution is -2.31. The molecule has 8 heavy (non-hydrogen) atoms. The Kier molecular flexibility index (Phi) is 2.72. The molecule has 0 aromatic carbocycles. The normalized spacial score (nSPS) is 17.5. The maximum Gasteiger partial charge on any atom is 0.0892 e. The van der Waals surface area contributed by atoms with Crippen LogP contribution < -0.4 is 5.73 Å². The van der Waals surface area contributed by atoms with Gasteiger partial charge in [0.1, 0.15) is 0 Å². The Labute approximate surface area is 50.0 Å². The molecule has 0 rings (SSSR count). The molecule has 48 valence electrons. The molecule has 0 aliphatic rings. The third-order valence-corrected chi connectivity index (χ3v) is 1.00. The predicted molar refractivity (Wildman–Crippen MR) is 34.5 cm³/mol. The Hall–Kier alpha value is -0.340. The molecule has 0 amide bonds. The van der Waals surface area contributed by atoms with Crippen molar-refractivity contribution in [3.63, 3.8) is 0 Å². The third kappa shape index (κ3) is 2.09. The van der Waals surface area contributed by atoms with Crippen molar-refractivity contribution in [1.29, 1.82) is 0 Å². The molecular formula is C6H13NO. The first kappa shape index (κ1) is 7.66. The highest BCUT2D eigenvalue weighted by Crippen LogP contribution is 1.99. The summed E-state index contributed by atoms with van der Waals surface area (Å²) in [5, 5.41) is 8.98. The highest BCUT2D eigenvalue weighted by molar-refractivity contribution is 5.00. The van der Waals surface area contributed by atoms with Crippen LogP contribution in [0.15, 0.2) is 12.2 Å². The Balaban J connectivity index is 3.64. The molecule has 0 aliphatic carbocycles. The second-order valence-corrected chi connectivity index (χ2v) is 2.15. The van der Waals surface area contributed by atoms with E-state index in [-0.39, 0.29) is 6.04 Å². The van der Waals surface area contributed by atoms with Gasteiger partial charge in [-0.2, -0.15) is 0 Å². The van der Waals surface area contributed by atoms with E-state index in [1.165, 1.54) is 0 Å². The lowest BCUT2D eigenvalue weighted by atomic mass is 10.1. The molecule has 0 aromatic heterocycles. The molecule has 0 bridgehead atoms. The van der Waals surface area contributed by atoms with Crippen LogP contribution in [0.2, 0.25) is 0 Å². The van der Waals surface area contributed by atoms with Crippen LogP contribution in [0.5, 0.6) is 0 Å². The molecule has 0 radical (unpaired) electrons. The molecule has 0 spiro atoms. The zero-order valence-corrected chi connectivity index (χ0v) is 5.39. The molecule has 0 saturated carbocycles. The fourth-order valence-electron chi connectivity index (χ4n) is 0.449. The van der Waals surface area contributed by atoms with E-state index in [4.69, 9.17) is 10.8 Å². The molecule has 2 heteroatoms. The van der Waals surface area contributed by atoms with Gasteiger partial charge in [-0.15, -0.1) is 0 Å². The van der Waals surface area contributed by atoms with Gasteiger partial charge >= 0.3 is 0 Å². The quantitative estimate of drug-likeness (QED) is 0.507. The smallest absolute Gasteiger partial charge is 0.0892 e. The second kappa shape index (κ2) is 2.84. The van der Waals surface area contributed by atoms with E-state index in [9.17, 15) is 0 Å². The minimum absolute atomic E-state index is 0.201. The molecule has 0 fully saturated rings. The third-order valence-electron chi connectivity index (χ3n) is 1.00. The van der Waals surface area contributed by atoms with Crippen molar-refractivity contribution < 1.29 is 5.11 Å². The minimum atomic E-state index is -0.546. The van der Waals surface area contributed by atoms with Crippen LogP contribution in [0.1, 0.15) is 13.8 Å². The van der Waals surface area contributed by atoms with E-state index in [1.54, 1.807) is 13.8 Å². The van der Waals surface area contributed by atoms with Crippen LogP contribution in [-0.4, -0.2) is 17.3 Å². The zero-order chi connectivity index (χ0) is 6.73. The van der Waals surface area contributed by atoms with Gasteiger partial charge in [0.05, 0.1) is 6.10 Å². The van der Waals surface area contributed by atoms with E-state index in [0.717, 1.165) is 5.57 Å². The number of aliphatic hydroxyl groups excluding tert-OH is 1. The van der Waals surface area contributed by atoms with Gasteiger partial charge in [0.2, 0.25) is 0 Å². The lowest BCUT2D eigenvalue weighted by molar-refractivity contribution is 0.187. The number of rotatable bonds is 2. The first-order valence-corrected chi connectivity index (χ1v) is 2.64. The van der Waals surface area contributed by atoms with E-state index in [1.807, 2.05) is 0 Å². The molecule has 2 nitrogen and oxygen atoms in total. The summed E-state index contributed by atoms with van der Waals surface area (Å²) < 4.78 is 0. The van der Waals surface area contributed by atoms with Crippen LogP contribution in [0.3, 0.4) is 0 Å². The Morgan fingerprint density at radius 3 is 2.12 bits per heavy atom. The standard InChI is InChI=1S/C6H13NO/c1-4(2)6(8)5(3)7/h5-6,8H,1,7H2,2-3H3/t5-,6-/m0/s1. The molecule has 0 heterocycles. The Bertz CT molecular complexity index is 88.5. The minimum Gasteiger partial charge on any atom is -0.387 e. The van der Waals surface area contributed by atoms with E-state index in [2.05, 4.69) is 6.58 Å². The lowest BCUT2D eigenvalue weighted by Gasteiger charge is -2.12. The van der Waals surface area contributed by atoms with Crippen molar-refractivity contribution in [2.24, 2.45) is 5.73 Å². The largest absolute Gasteiger partial charge is 0.387 e. The Morgan fingerprint density at radius 2 is 2.12 bits per heavy atom. The van der Waals surface area contributed by atoms with Crippen LogP contribution >= 0.6 is 0 Å². The van der Waals surface area contributed by atoms with Crippen molar-refractivity contribution >= 4 is 0 Å². The maximum atomic E-state index is 8.98. The fraction of sp³-hybridized carbons (Fsp3) is 0.667. The highest BCUT2D eigenvalue weighted by atomic mass is 16.3. The summed E-state index contributed by atoms with van der Waals surface area (Å²) >= 11 is 0. The van der Waals surface area contributed by atoms with E-state index < -0.39 is 6.10 Å². The number of nitrogens with two attached hydrogens (primary N) is 1. The average Bonchev–Trinajstić information content (AvgIpc) is 1.64. The van der Waals surface area contributed by atoms with Gasteiger partial charge in [0.25, 0.3) is 0 Å². The first-order chi connectivity index (χ1) is 3.55. The van der Waals surface area contributed by atoms with Gasteiger partial charge in [0.15, 0.2) is 0 Å². The fourth-order valence-corrected chi connectivity index (χ4v) is 0.449. The van der Waals surface area contributed by atoms with Crippen molar-refractivity contribution in [2.45, 2.75) is 26.0 Å². The summed E-state index contributed by atoms with van der Waals surface area (Å²) in [6.45, 7) is 7.05. The molecule has 3 N–H and O–H groups in total. The van der Waals surface area contributed by atoms with Crippen molar-refractivity contribution in [3.8, 4) is 0 Å². The van der Waals surface area contributed by atoms with E-state index in [0.29, 0.717) is 0 Å². The topological polar surface area (TPSA) is 46.2 Å². The van der Waals surface area contributed by atoms with Gasteiger partial charge in [-0.25, -0.2) is 0 Å². The number of hydrogen-bond acceptors (Lipinski definition) is 2. The summed E-state index contributed by atoms with van der Waals surface area (Å²) in [5.41, 5.74) is 6.05. The molecule has 0 aromatic rings. The number of aliphatic hydroxyl groups is 1. The van der Waals surface area contributed by atoms with Crippen molar-refractivity contribution in [2.75, 3.05) is 0 Å². The van der Waals surface area contributed by atoms with Gasteiger partial charge in [0, 0.05) is 6.04 Å². The molecular weight excluding hydrogens is 102 g/mol. The summed E-state index contributed by atoms with van der Waals surface area (Å²) in [5.74, 6) is 0. The molecule has 2 atom stereocenters. The Morgan fingerprint density at radius 1 is 1.75 bits per heavy atom.